The van der Waals surface area contributed by atoms with Gasteiger partial charge in [-0.25, -0.2) is 8.42 Å². The second-order valence-corrected chi connectivity index (χ2v) is 10.1. The number of nitrogens with zero attached hydrogens (tertiary/aromatic N) is 2. The van der Waals surface area contributed by atoms with Gasteiger partial charge in [0.1, 0.15) is 0 Å². The number of rotatable bonds is 9. The van der Waals surface area contributed by atoms with Crippen molar-refractivity contribution in [2.45, 2.75) is 44.9 Å². The smallest absolute Gasteiger partial charge is 0.258 e. The third-order valence-electron chi connectivity index (χ3n) is 6.05. The number of amides is 1. The van der Waals surface area contributed by atoms with Crippen LogP contribution in [-0.2, 0) is 16.4 Å². The van der Waals surface area contributed by atoms with Gasteiger partial charge in [-0.15, -0.1) is 0 Å². The second-order valence-electron chi connectivity index (χ2n) is 8.21. The molecular weight excluding hydrogens is 456 g/mol. The summed E-state index contributed by atoms with van der Waals surface area (Å²) in [6, 6.07) is 8.43. The minimum absolute atomic E-state index is 0.196. The number of sulfonamides is 1. The fourth-order valence-corrected chi connectivity index (χ4v) is 6.06. The average Bonchev–Trinajstić information content (AvgIpc) is 3.51. The summed E-state index contributed by atoms with van der Waals surface area (Å²) in [5, 5.41) is 0. The third kappa shape index (κ3) is 4.59. The Bertz CT molecular complexity index is 1130. The summed E-state index contributed by atoms with van der Waals surface area (Å²) in [4.78, 5) is 15.5. The Morgan fingerprint density at radius 2 is 1.50 bits per heavy atom. The van der Waals surface area contributed by atoms with Gasteiger partial charge in [0.15, 0.2) is 11.5 Å². The van der Waals surface area contributed by atoms with Crippen molar-refractivity contribution in [2.75, 3.05) is 44.4 Å². The van der Waals surface area contributed by atoms with Crippen molar-refractivity contribution in [3.8, 4) is 17.2 Å². The van der Waals surface area contributed by atoms with Gasteiger partial charge in [0.05, 0.1) is 24.7 Å². The summed E-state index contributed by atoms with van der Waals surface area (Å²) in [6.07, 6.45) is 2.38. The lowest BCUT2D eigenvalue weighted by atomic mass is 10.1. The van der Waals surface area contributed by atoms with Gasteiger partial charge in [0, 0.05) is 30.9 Å². The molecule has 4 rings (SSSR count). The number of fused-ring (bicyclic) bond motifs is 1. The predicted octanol–water partition coefficient (Wildman–Crippen LogP) is 3.87. The highest BCUT2D eigenvalue weighted by Crippen LogP contribution is 2.40. The van der Waals surface area contributed by atoms with Crippen LogP contribution in [0.3, 0.4) is 0 Å². The van der Waals surface area contributed by atoms with E-state index in [2.05, 4.69) is 0 Å². The van der Waals surface area contributed by atoms with Crippen LogP contribution in [0.2, 0.25) is 0 Å². The lowest BCUT2D eigenvalue weighted by Gasteiger charge is -2.21. The van der Waals surface area contributed by atoms with Crippen LogP contribution in [-0.4, -0.2) is 58.1 Å². The average molecular weight is 489 g/mol. The largest absolute Gasteiger partial charge is 0.490 e. The standard InChI is InChI=1S/C25H32N2O6S/c1-4-31-22-16-19(17-23(32-5-2)24(22)33-6-3)25(28)27-14-11-18-15-20(9-10-21(18)27)34(29,30)26-12-7-8-13-26/h9-10,15-17H,4-8,11-14H2,1-3H3. The van der Waals surface area contributed by atoms with Crippen LogP contribution in [0.25, 0.3) is 0 Å². The zero-order chi connectivity index (χ0) is 24.3. The molecule has 0 radical (unpaired) electrons. The summed E-state index contributed by atoms with van der Waals surface area (Å²) in [5.74, 6) is 1.22. The zero-order valence-electron chi connectivity index (χ0n) is 20.0. The number of benzene rings is 2. The van der Waals surface area contributed by atoms with Gasteiger partial charge in [-0.3, -0.25) is 4.79 Å². The number of hydrogen-bond acceptors (Lipinski definition) is 6. The Morgan fingerprint density at radius 3 is 2.09 bits per heavy atom. The van der Waals surface area contributed by atoms with E-state index in [0.717, 1.165) is 24.1 Å². The lowest BCUT2D eigenvalue weighted by Crippen LogP contribution is -2.29. The maximum atomic E-state index is 13.5. The first-order valence-corrected chi connectivity index (χ1v) is 13.4. The SMILES string of the molecule is CCOc1cc(C(=O)N2CCc3cc(S(=O)(=O)N4CCCC4)ccc32)cc(OCC)c1OCC. The molecular formula is C25H32N2O6S. The molecule has 0 spiro atoms. The minimum atomic E-state index is -3.50. The van der Waals surface area contributed by atoms with Crippen LogP contribution < -0.4 is 19.1 Å². The zero-order valence-corrected chi connectivity index (χ0v) is 20.8. The monoisotopic (exact) mass is 488 g/mol. The lowest BCUT2D eigenvalue weighted by molar-refractivity contribution is 0.0988. The van der Waals surface area contributed by atoms with Crippen molar-refractivity contribution in [3.05, 3.63) is 41.5 Å². The minimum Gasteiger partial charge on any atom is -0.490 e. The Morgan fingerprint density at radius 1 is 0.882 bits per heavy atom. The molecule has 184 valence electrons. The summed E-state index contributed by atoms with van der Waals surface area (Å²) in [7, 11) is -3.50. The Kier molecular flexibility index (Phi) is 7.33. The highest BCUT2D eigenvalue weighted by Gasteiger charge is 2.31. The Labute approximate surface area is 201 Å². The van der Waals surface area contributed by atoms with E-state index in [1.807, 2.05) is 20.8 Å². The van der Waals surface area contributed by atoms with Crippen molar-refractivity contribution in [1.29, 1.82) is 0 Å². The molecule has 0 bridgehead atoms. The highest BCUT2D eigenvalue weighted by molar-refractivity contribution is 7.89. The molecule has 2 aliphatic heterocycles. The van der Waals surface area contributed by atoms with Crippen LogP contribution in [0.15, 0.2) is 35.2 Å². The van der Waals surface area contributed by atoms with E-state index in [0.29, 0.717) is 73.6 Å². The van der Waals surface area contributed by atoms with Crippen LogP contribution >= 0.6 is 0 Å². The third-order valence-corrected chi connectivity index (χ3v) is 7.95. The van der Waals surface area contributed by atoms with Crippen LogP contribution in [0.4, 0.5) is 5.69 Å². The van der Waals surface area contributed by atoms with Gasteiger partial charge in [-0.2, -0.15) is 4.31 Å². The Balaban J connectivity index is 1.65. The number of ether oxygens (including phenoxy) is 3. The molecule has 0 unspecified atom stereocenters. The summed E-state index contributed by atoms with van der Waals surface area (Å²) < 4.78 is 44.7. The van der Waals surface area contributed by atoms with Gasteiger partial charge < -0.3 is 19.1 Å². The van der Waals surface area contributed by atoms with E-state index in [1.165, 1.54) is 4.31 Å². The highest BCUT2D eigenvalue weighted by atomic mass is 32.2. The first kappa shape index (κ1) is 24.3. The number of carbonyl (C=O) groups is 1. The summed E-state index contributed by atoms with van der Waals surface area (Å²) in [6.45, 7) is 8.50. The van der Waals surface area contributed by atoms with E-state index in [9.17, 15) is 13.2 Å². The first-order chi connectivity index (χ1) is 16.4. The van der Waals surface area contributed by atoms with Crippen molar-refractivity contribution in [3.63, 3.8) is 0 Å². The quantitative estimate of drug-likeness (QED) is 0.533. The number of anilines is 1. The van der Waals surface area contributed by atoms with E-state index >= 15 is 0 Å². The van der Waals surface area contributed by atoms with Gasteiger partial charge in [-0.1, -0.05) is 0 Å². The Hall–Kier alpha value is -2.78. The van der Waals surface area contributed by atoms with Gasteiger partial charge in [0.25, 0.3) is 5.91 Å². The first-order valence-electron chi connectivity index (χ1n) is 11.9. The van der Waals surface area contributed by atoms with Crippen LogP contribution in [0.1, 0.15) is 49.5 Å². The normalized spacial score (nSPS) is 15.9. The number of hydrogen-bond donors (Lipinski definition) is 0. The van der Waals surface area contributed by atoms with Gasteiger partial charge >= 0.3 is 0 Å². The van der Waals surface area contributed by atoms with Crippen molar-refractivity contribution < 1.29 is 27.4 Å². The molecule has 34 heavy (non-hydrogen) atoms. The van der Waals surface area contributed by atoms with Crippen LogP contribution in [0.5, 0.6) is 17.2 Å². The molecule has 1 saturated heterocycles. The molecule has 8 nitrogen and oxygen atoms in total. The molecule has 2 heterocycles. The second kappa shape index (κ2) is 10.2. The van der Waals surface area contributed by atoms with Crippen LogP contribution in [0, 0.1) is 0 Å². The molecule has 2 aromatic carbocycles. The maximum Gasteiger partial charge on any atom is 0.258 e. The maximum absolute atomic E-state index is 13.5. The molecule has 9 heteroatoms. The molecule has 2 aromatic rings. The topological polar surface area (TPSA) is 85.4 Å². The van der Waals surface area contributed by atoms with Crippen molar-refractivity contribution in [1.82, 2.24) is 4.31 Å². The fourth-order valence-electron chi connectivity index (χ4n) is 4.50. The molecule has 0 aromatic heterocycles. The summed E-state index contributed by atoms with van der Waals surface area (Å²) >= 11 is 0. The van der Waals surface area contributed by atoms with E-state index < -0.39 is 10.0 Å². The molecule has 2 aliphatic rings. The molecule has 0 atom stereocenters. The molecule has 1 amide bonds. The van der Waals surface area contributed by atoms with E-state index in [-0.39, 0.29) is 5.91 Å². The van der Waals surface area contributed by atoms with Gasteiger partial charge in [0.2, 0.25) is 15.8 Å². The van der Waals surface area contributed by atoms with Crippen molar-refractivity contribution in [2.24, 2.45) is 0 Å². The molecule has 0 N–H and O–H groups in total. The fraction of sp³-hybridized carbons (Fsp3) is 0.480. The molecule has 1 fully saturated rings. The predicted molar refractivity (Wildman–Crippen MR) is 130 cm³/mol. The summed E-state index contributed by atoms with van der Waals surface area (Å²) in [5.41, 5.74) is 2.02. The molecule has 0 saturated carbocycles. The molecule has 0 aliphatic carbocycles. The van der Waals surface area contributed by atoms with Gasteiger partial charge in [-0.05, 0) is 75.9 Å². The van der Waals surface area contributed by atoms with E-state index in [1.54, 1.807) is 35.2 Å². The van der Waals surface area contributed by atoms with E-state index in [4.69, 9.17) is 14.2 Å². The van der Waals surface area contributed by atoms with Crippen molar-refractivity contribution >= 4 is 21.6 Å². The number of carbonyl (C=O) groups excluding carboxylic acids is 1.